The molecule has 1 N–H and O–H groups in total. The van der Waals surface area contributed by atoms with E-state index in [1.807, 2.05) is 30.0 Å². The predicted molar refractivity (Wildman–Crippen MR) is 121 cm³/mol. The van der Waals surface area contributed by atoms with E-state index in [0.717, 1.165) is 5.56 Å². The smallest absolute Gasteiger partial charge is 0.330 e. The Labute approximate surface area is 188 Å². The summed E-state index contributed by atoms with van der Waals surface area (Å²) in [6.07, 6.45) is 2.79. The number of nitrogens with one attached hydrogen (secondary N) is 1. The topological polar surface area (TPSA) is 92.8 Å². The average molecular weight is 455 g/mol. The van der Waals surface area contributed by atoms with Gasteiger partial charge in [0.1, 0.15) is 5.54 Å². The molecule has 1 amide bonds. The Morgan fingerprint density at radius 3 is 2.53 bits per heavy atom. The summed E-state index contributed by atoms with van der Waals surface area (Å²) < 4.78 is 32.5. The molecule has 0 aromatic heterocycles. The quantitative estimate of drug-likeness (QED) is 0.533. The van der Waals surface area contributed by atoms with Gasteiger partial charge in [-0.05, 0) is 31.7 Å². The Hall–Kier alpha value is -2.97. The van der Waals surface area contributed by atoms with Crippen molar-refractivity contribution in [2.24, 2.45) is 5.92 Å². The molecule has 3 atom stereocenters. The van der Waals surface area contributed by atoms with Crippen molar-refractivity contribution in [3.8, 4) is 0 Å². The number of rotatable bonds is 6. The molecule has 2 aliphatic heterocycles. The standard InChI is InChI=1S/C24H26N2O5S/c1-3-26-16-21(32(29,30)17-10-6-5-7-11-17)19(14-15-22(27)31-4-2)24(26)18-12-8-9-13-20(18)25-23(24)28/h5-15,19,21H,3-4,16H2,1-2H3,(H,25,28)/b15-14+/t19-,21+,24+/m0/s1. The van der Waals surface area contributed by atoms with Crippen LogP contribution in [0.5, 0.6) is 0 Å². The third kappa shape index (κ3) is 3.34. The maximum absolute atomic E-state index is 13.7. The molecule has 1 fully saturated rings. The summed E-state index contributed by atoms with van der Waals surface area (Å²) in [6.45, 7) is 4.43. The molecule has 2 aromatic carbocycles. The lowest BCUT2D eigenvalue weighted by Gasteiger charge is -2.36. The number of amides is 1. The number of esters is 1. The van der Waals surface area contributed by atoms with E-state index in [4.69, 9.17) is 4.74 Å². The Morgan fingerprint density at radius 1 is 1.16 bits per heavy atom. The zero-order valence-corrected chi connectivity index (χ0v) is 18.8. The van der Waals surface area contributed by atoms with Gasteiger partial charge < -0.3 is 10.1 Å². The van der Waals surface area contributed by atoms with Crippen molar-refractivity contribution in [2.75, 3.05) is 25.0 Å². The highest BCUT2D eigenvalue weighted by molar-refractivity contribution is 7.92. The second kappa shape index (κ2) is 8.52. The van der Waals surface area contributed by atoms with Crippen molar-refractivity contribution >= 4 is 27.4 Å². The summed E-state index contributed by atoms with van der Waals surface area (Å²) in [6, 6.07) is 15.5. The van der Waals surface area contributed by atoms with E-state index in [2.05, 4.69) is 5.32 Å². The van der Waals surface area contributed by atoms with Crippen LogP contribution in [0.2, 0.25) is 0 Å². The van der Waals surface area contributed by atoms with Crippen LogP contribution in [0.15, 0.2) is 71.6 Å². The number of hydrogen-bond acceptors (Lipinski definition) is 6. The van der Waals surface area contributed by atoms with Crippen LogP contribution in [0.25, 0.3) is 0 Å². The van der Waals surface area contributed by atoms with E-state index < -0.39 is 32.5 Å². The summed E-state index contributed by atoms with van der Waals surface area (Å²) in [7, 11) is -3.81. The van der Waals surface area contributed by atoms with Crippen molar-refractivity contribution in [3.63, 3.8) is 0 Å². The Kier molecular flexibility index (Phi) is 5.92. The third-order valence-electron chi connectivity index (χ3n) is 6.29. The fourth-order valence-electron chi connectivity index (χ4n) is 4.95. The highest BCUT2D eigenvalue weighted by atomic mass is 32.2. The van der Waals surface area contributed by atoms with Gasteiger partial charge >= 0.3 is 5.97 Å². The molecular weight excluding hydrogens is 428 g/mol. The Morgan fingerprint density at radius 2 is 1.84 bits per heavy atom. The number of sulfone groups is 1. The predicted octanol–water partition coefficient (Wildman–Crippen LogP) is 2.75. The van der Waals surface area contributed by atoms with Crippen molar-refractivity contribution in [2.45, 2.75) is 29.5 Å². The highest BCUT2D eigenvalue weighted by Gasteiger charge is 2.64. The van der Waals surface area contributed by atoms with Gasteiger partial charge in [0, 0.05) is 29.8 Å². The molecule has 0 radical (unpaired) electrons. The minimum atomic E-state index is -3.81. The van der Waals surface area contributed by atoms with Gasteiger partial charge in [-0.15, -0.1) is 0 Å². The number of nitrogens with zero attached hydrogens (tertiary/aromatic N) is 1. The number of carbonyl (C=O) groups is 2. The van der Waals surface area contributed by atoms with Crippen LogP contribution in [0.4, 0.5) is 5.69 Å². The number of ether oxygens (including phenoxy) is 1. The molecule has 1 saturated heterocycles. The first-order valence-corrected chi connectivity index (χ1v) is 12.2. The maximum Gasteiger partial charge on any atom is 0.330 e. The van der Waals surface area contributed by atoms with Crippen LogP contribution in [0.1, 0.15) is 19.4 Å². The van der Waals surface area contributed by atoms with Crippen molar-refractivity contribution in [1.82, 2.24) is 4.90 Å². The number of carbonyl (C=O) groups excluding carboxylic acids is 2. The number of likely N-dealkylation sites (N-methyl/N-ethyl adjacent to an activating group) is 1. The molecule has 2 heterocycles. The van der Waals surface area contributed by atoms with Gasteiger partial charge in [-0.3, -0.25) is 9.69 Å². The number of likely N-dealkylation sites (tertiary alicyclic amines) is 1. The van der Waals surface area contributed by atoms with Crippen LogP contribution in [-0.2, 0) is 29.7 Å². The average Bonchev–Trinajstić information content (AvgIpc) is 3.29. The third-order valence-corrected chi connectivity index (χ3v) is 8.46. The van der Waals surface area contributed by atoms with E-state index in [0.29, 0.717) is 12.2 Å². The zero-order chi connectivity index (χ0) is 22.9. The van der Waals surface area contributed by atoms with Crippen LogP contribution < -0.4 is 5.32 Å². The summed E-state index contributed by atoms with van der Waals surface area (Å²) in [5.74, 6) is -1.65. The van der Waals surface area contributed by atoms with Gasteiger partial charge in [0.05, 0.1) is 16.8 Å². The molecule has 0 aliphatic carbocycles. The second-order valence-electron chi connectivity index (χ2n) is 7.84. The SMILES string of the molecule is CCOC(=O)/C=C/[C@H]1[C@H](S(=O)(=O)c2ccccc2)CN(CC)[C@@]12C(=O)Nc1ccccc12. The molecule has 2 aromatic rings. The number of para-hydroxylation sites is 1. The van der Waals surface area contributed by atoms with Crippen LogP contribution in [0.3, 0.4) is 0 Å². The number of hydrogen-bond donors (Lipinski definition) is 1. The lowest BCUT2D eigenvalue weighted by molar-refractivity contribution is -0.137. The maximum atomic E-state index is 13.7. The molecular formula is C24H26N2O5S. The molecule has 0 unspecified atom stereocenters. The molecule has 4 rings (SSSR count). The fourth-order valence-corrected chi connectivity index (χ4v) is 6.89. The summed E-state index contributed by atoms with van der Waals surface area (Å²) in [4.78, 5) is 27.7. The normalized spacial score (nSPS) is 25.2. The van der Waals surface area contributed by atoms with Crippen LogP contribution in [0, 0.1) is 5.92 Å². The lowest BCUT2D eigenvalue weighted by atomic mass is 9.79. The molecule has 32 heavy (non-hydrogen) atoms. The molecule has 8 heteroatoms. The number of benzene rings is 2. The van der Waals surface area contributed by atoms with Crippen molar-refractivity contribution < 1.29 is 22.7 Å². The molecule has 168 valence electrons. The summed E-state index contributed by atoms with van der Waals surface area (Å²) in [5.41, 5.74) is 0.139. The van der Waals surface area contributed by atoms with E-state index in [-0.39, 0.29) is 24.0 Å². The molecule has 2 aliphatic rings. The number of anilines is 1. The first-order chi connectivity index (χ1) is 15.4. The Balaban J connectivity index is 1.91. The monoisotopic (exact) mass is 454 g/mol. The first kappa shape index (κ1) is 22.2. The van der Waals surface area contributed by atoms with Crippen LogP contribution >= 0.6 is 0 Å². The molecule has 0 saturated carbocycles. The van der Waals surface area contributed by atoms with Gasteiger partial charge in [-0.1, -0.05) is 49.4 Å². The minimum Gasteiger partial charge on any atom is -0.463 e. The van der Waals surface area contributed by atoms with Gasteiger partial charge in [-0.2, -0.15) is 0 Å². The van der Waals surface area contributed by atoms with E-state index in [9.17, 15) is 18.0 Å². The van der Waals surface area contributed by atoms with Crippen molar-refractivity contribution in [3.05, 3.63) is 72.3 Å². The minimum absolute atomic E-state index is 0.160. The van der Waals surface area contributed by atoms with E-state index in [1.54, 1.807) is 49.4 Å². The van der Waals surface area contributed by atoms with Crippen LogP contribution in [-0.4, -0.2) is 50.1 Å². The highest BCUT2D eigenvalue weighted by Crippen LogP contribution is 2.53. The molecule has 7 nitrogen and oxygen atoms in total. The number of fused-ring (bicyclic) bond motifs is 2. The zero-order valence-electron chi connectivity index (χ0n) is 18.0. The fraction of sp³-hybridized carbons (Fsp3) is 0.333. The largest absolute Gasteiger partial charge is 0.463 e. The van der Waals surface area contributed by atoms with E-state index >= 15 is 0 Å². The van der Waals surface area contributed by atoms with Gasteiger partial charge in [0.2, 0.25) is 5.91 Å². The van der Waals surface area contributed by atoms with Gasteiger partial charge in [0.15, 0.2) is 9.84 Å². The van der Waals surface area contributed by atoms with Gasteiger partial charge in [-0.25, -0.2) is 13.2 Å². The summed E-state index contributed by atoms with van der Waals surface area (Å²) >= 11 is 0. The van der Waals surface area contributed by atoms with Gasteiger partial charge in [0.25, 0.3) is 0 Å². The molecule has 1 spiro atoms. The second-order valence-corrected chi connectivity index (χ2v) is 10.0. The molecule has 0 bridgehead atoms. The van der Waals surface area contributed by atoms with E-state index in [1.165, 1.54) is 6.08 Å². The Bertz CT molecular complexity index is 1160. The summed E-state index contributed by atoms with van der Waals surface area (Å²) in [5, 5.41) is 2.00. The lowest BCUT2D eigenvalue weighted by Crippen LogP contribution is -2.50. The first-order valence-electron chi connectivity index (χ1n) is 10.7. The van der Waals surface area contributed by atoms with Crippen molar-refractivity contribution in [1.29, 1.82) is 0 Å².